The van der Waals surface area contributed by atoms with Gasteiger partial charge in [-0.3, -0.25) is 24.1 Å². The Balaban J connectivity index is 1.95. The van der Waals surface area contributed by atoms with Crippen molar-refractivity contribution >= 4 is 34.8 Å². The van der Waals surface area contributed by atoms with Crippen LogP contribution in [0.2, 0.25) is 0 Å². The normalized spacial score (nSPS) is 16.3. The van der Waals surface area contributed by atoms with Gasteiger partial charge in [0, 0.05) is 0 Å². The van der Waals surface area contributed by atoms with Crippen molar-refractivity contribution in [2.45, 2.75) is 0 Å². The third-order valence-corrected chi connectivity index (χ3v) is 3.67. The van der Waals surface area contributed by atoms with E-state index in [0.717, 1.165) is 4.90 Å². The van der Waals surface area contributed by atoms with Crippen LogP contribution in [0.4, 0.5) is 11.4 Å². The molecule has 23 heavy (non-hydrogen) atoms. The van der Waals surface area contributed by atoms with E-state index in [0.29, 0.717) is 11.4 Å². The predicted molar refractivity (Wildman–Crippen MR) is 77.6 cm³/mol. The number of nitrogens with one attached hydrogen (secondary N) is 1. The molecule has 0 unspecified atom stereocenters. The Hall–Kier alpha value is -3.48. The van der Waals surface area contributed by atoms with Gasteiger partial charge in [-0.1, -0.05) is 12.1 Å². The Kier molecular flexibility index (Phi) is 2.59. The fourth-order valence-electron chi connectivity index (χ4n) is 2.67. The number of rotatable bonds is 2. The highest BCUT2D eigenvalue weighted by atomic mass is 16.3. The lowest BCUT2D eigenvalue weighted by atomic mass is 10.0. The molecule has 0 saturated carbocycles. The quantitative estimate of drug-likeness (QED) is 0.512. The maximum Gasteiger partial charge on any atom is 0.304 e. The molecular formula is C16H8N2O5. The number of hydrogen-bond donors (Lipinski definition) is 1. The van der Waals surface area contributed by atoms with Gasteiger partial charge in [0.1, 0.15) is 11.3 Å². The number of carbonyl (C=O) groups is 4. The minimum Gasteiger partial charge on any atom is -0.461 e. The molecule has 7 heteroatoms. The standard InChI is InChI=1S/C16H8N2O5/c19-13(10-6-3-7-23-10)11-12-15(21)17-8-4-1-2-5-9(8)18(12)16(22)14(11)20/h1-7H,(H,17,21). The maximum absolute atomic E-state index is 12.4. The fraction of sp³-hybridized carbons (Fsp3) is 0. The van der Waals surface area contributed by atoms with Crippen LogP contribution >= 0.6 is 0 Å². The molecule has 0 radical (unpaired) electrons. The largest absolute Gasteiger partial charge is 0.461 e. The van der Waals surface area contributed by atoms with E-state index in [9.17, 15) is 19.2 Å². The molecule has 0 fully saturated rings. The summed E-state index contributed by atoms with van der Waals surface area (Å²) in [6.45, 7) is 0. The van der Waals surface area contributed by atoms with Crippen molar-refractivity contribution in [1.82, 2.24) is 0 Å². The number of furan rings is 1. The van der Waals surface area contributed by atoms with E-state index in [2.05, 4.69) is 5.32 Å². The van der Waals surface area contributed by atoms with E-state index in [1.54, 1.807) is 24.3 Å². The van der Waals surface area contributed by atoms with Crippen LogP contribution in [-0.4, -0.2) is 23.4 Å². The number of fused-ring (bicyclic) bond motifs is 3. The summed E-state index contributed by atoms with van der Waals surface area (Å²) in [5.41, 5.74) is 0.00819. The summed E-state index contributed by atoms with van der Waals surface area (Å²) in [6.07, 6.45) is 1.27. The Morgan fingerprint density at radius 2 is 1.83 bits per heavy atom. The second-order valence-electron chi connectivity index (χ2n) is 4.97. The van der Waals surface area contributed by atoms with E-state index < -0.39 is 29.0 Å². The summed E-state index contributed by atoms with van der Waals surface area (Å²) >= 11 is 0. The Morgan fingerprint density at radius 3 is 2.57 bits per heavy atom. The van der Waals surface area contributed by atoms with Gasteiger partial charge in [-0.15, -0.1) is 0 Å². The lowest BCUT2D eigenvalue weighted by molar-refractivity contribution is -0.132. The summed E-state index contributed by atoms with van der Waals surface area (Å²) < 4.78 is 4.98. The molecule has 0 atom stereocenters. The molecule has 2 aliphatic heterocycles. The van der Waals surface area contributed by atoms with Gasteiger partial charge < -0.3 is 9.73 Å². The molecule has 2 aromatic rings. The molecule has 0 aliphatic carbocycles. The van der Waals surface area contributed by atoms with Gasteiger partial charge in [0.25, 0.3) is 11.7 Å². The van der Waals surface area contributed by atoms with Gasteiger partial charge in [0.15, 0.2) is 5.76 Å². The smallest absolute Gasteiger partial charge is 0.304 e. The Bertz CT molecular complexity index is 924. The highest BCUT2D eigenvalue weighted by Crippen LogP contribution is 2.38. The first-order valence-corrected chi connectivity index (χ1v) is 6.71. The summed E-state index contributed by atoms with van der Waals surface area (Å²) in [6, 6.07) is 9.39. The van der Waals surface area contributed by atoms with Gasteiger partial charge in [0.05, 0.1) is 17.6 Å². The lowest BCUT2D eigenvalue weighted by Gasteiger charge is -2.27. The lowest BCUT2D eigenvalue weighted by Crippen LogP contribution is -2.37. The molecule has 2 amide bonds. The number of Topliss-reactive ketones (excluding diaryl/α,β-unsaturated/α-hetero) is 2. The number of nitrogens with zero attached hydrogens (tertiary/aromatic N) is 1. The SMILES string of the molecule is O=C1Nc2ccccc2N2C(=O)C(=O)C(C(=O)c3ccco3)=C12. The zero-order valence-electron chi connectivity index (χ0n) is 11.5. The zero-order chi connectivity index (χ0) is 16.1. The van der Waals surface area contributed by atoms with Crippen LogP contribution in [0.15, 0.2) is 58.3 Å². The van der Waals surface area contributed by atoms with Crippen molar-refractivity contribution in [2.75, 3.05) is 10.2 Å². The number of benzene rings is 1. The first kappa shape index (κ1) is 13.2. The molecule has 1 N–H and O–H groups in total. The van der Waals surface area contributed by atoms with Crippen molar-refractivity contribution in [3.63, 3.8) is 0 Å². The van der Waals surface area contributed by atoms with E-state index >= 15 is 0 Å². The molecule has 0 spiro atoms. The zero-order valence-corrected chi connectivity index (χ0v) is 11.5. The molecule has 1 aromatic heterocycles. The molecule has 1 aromatic carbocycles. The van der Waals surface area contributed by atoms with Gasteiger partial charge in [-0.2, -0.15) is 0 Å². The fourth-order valence-corrected chi connectivity index (χ4v) is 2.67. The average molecular weight is 308 g/mol. The molecule has 3 heterocycles. The van der Waals surface area contributed by atoms with Gasteiger partial charge in [-0.25, -0.2) is 0 Å². The molecular weight excluding hydrogens is 300 g/mol. The monoisotopic (exact) mass is 308 g/mol. The van der Waals surface area contributed by atoms with Crippen molar-refractivity contribution in [3.8, 4) is 0 Å². The molecule has 2 aliphatic rings. The second kappa shape index (κ2) is 4.51. The van der Waals surface area contributed by atoms with Gasteiger partial charge in [0.2, 0.25) is 5.78 Å². The number of anilines is 2. The molecule has 0 saturated heterocycles. The van der Waals surface area contributed by atoms with Gasteiger partial charge in [-0.05, 0) is 24.3 Å². The second-order valence-corrected chi connectivity index (χ2v) is 4.97. The van der Waals surface area contributed by atoms with Crippen LogP contribution in [0.3, 0.4) is 0 Å². The van der Waals surface area contributed by atoms with Crippen LogP contribution < -0.4 is 10.2 Å². The summed E-state index contributed by atoms with van der Waals surface area (Å²) in [5.74, 6) is -3.54. The third-order valence-electron chi connectivity index (χ3n) is 3.67. The summed E-state index contributed by atoms with van der Waals surface area (Å²) in [7, 11) is 0. The molecule has 112 valence electrons. The summed E-state index contributed by atoms with van der Waals surface area (Å²) in [4.78, 5) is 50.3. The van der Waals surface area contributed by atoms with Crippen molar-refractivity contribution in [2.24, 2.45) is 0 Å². The number of para-hydroxylation sites is 2. The van der Waals surface area contributed by atoms with Crippen LogP contribution in [0, 0.1) is 0 Å². The first-order chi connectivity index (χ1) is 11.1. The van der Waals surface area contributed by atoms with Crippen molar-refractivity contribution in [3.05, 3.63) is 59.7 Å². The number of carbonyl (C=O) groups excluding carboxylic acids is 4. The number of hydrogen-bond acceptors (Lipinski definition) is 5. The summed E-state index contributed by atoms with van der Waals surface area (Å²) in [5, 5.41) is 2.58. The minimum absolute atomic E-state index is 0.109. The van der Waals surface area contributed by atoms with Crippen LogP contribution in [0.25, 0.3) is 0 Å². The van der Waals surface area contributed by atoms with E-state index in [1.807, 2.05) is 0 Å². The molecule has 0 bridgehead atoms. The predicted octanol–water partition coefficient (Wildman–Crippen LogP) is 1.28. The maximum atomic E-state index is 12.4. The van der Waals surface area contributed by atoms with E-state index in [-0.39, 0.29) is 11.5 Å². The third kappa shape index (κ3) is 1.70. The van der Waals surface area contributed by atoms with Crippen molar-refractivity contribution < 1.29 is 23.6 Å². The molecule has 7 nitrogen and oxygen atoms in total. The Morgan fingerprint density at radius 1 is 1.04 bits per heavy atom. The van der Waals surface area contributed by atoms with E-state index in [1.165, 1.54) is 18.4 Å². The van der Waals surface area contributed by atoms with Crippen molar-refractivity contribution in [1.29, 1.82) is 0 Å². The van der Waals surface area contributed by atoms with Crippen LogP contribution in [-0.2, 0) is 14.4 Å². The van der Waals surface area contributed by atoms with Crippen LogP contribution in [0.1, 0.15) is 10.6 Å². The highest BCUT2D eigenvalue weighted by molar-refractivity contribution is 6.60. The van der Waals surface area contributed by atoms with E-state index in [4.69, 9.17) is 4.42 Å². The first-order valence-electron chi connectivity index (χ1n) is 6.71. The Labute approximate surface area is 129 Å². The highest BCUT2D eigenvalue weighted by Gasteiger charge is 2.48. The number of amides is 2. The van der Waals surface area contributed by atoms with Crippen LogP contribution in [0.5, 0.6) is 0 Å². The topological polar surface area (TPSA) is 96.7 Å². The number of ketones is 2. The molecule has 4 rings (SSSR count). The minimum atomic E-state index is -1.02. The van der Waals surface area contributed by atoms with Gasteiger partial charge >= 0.3 is 5.91 Å². The average Bonchev–Trinajstić information content (AvgIpc) is 3.16.